The number of pyridine rings is 1. The summed E-state index contributed by atoms with van der Waals surface area (Å²) in [7, 11) is 0.145. The first kappa shape index (κ1) is 27.9. The number of benzene rings is 2. The van der Waals surface area contributed by atoms with Crippen molar-refractivity contribution in [1.82, 2.24) is 9.97 Å². The molecule has 4 rings (SSSR count). The van der Waals surface area contributed by atoms with Gasteiger partial charge in [0.25, 0.3) is 10.1 Å². The fourth-order valence-electron chi connectivity index (χ4n) is 3.41. The molecule has 0 aliphatic carbocycles. The quantitative estimate of drug-likeness (QED) is 0.163. The molecule has 0 atom stereocenters. The van der Waals surface area contributed by atoms with Crippen LogP contribution in [0.1, 0.15) is 5.56 Å². The maximum absolute atomic E-state index is 12.1. The van der Waals surface area contributed by atoms with Crippen LogP contribution in [0.5, 0.6) is 5.75 Å². The molecule has 0 aliphatic heterocycles. The first-order chi connectivity index (χ1) is 18.3. The molecule has 11 heteroatoms. The Bertz CT molecular complexity index is 1420. The van der Waals surface area contributed by atoms with E-state index in [1.807, 2.05) is 62.4 Å². The average molecular weight is 558 g/mol. The van der Waals surface area contributed by atoms with Crippen LogP contribution < -0.4 is 9.64 Å². The van der Waals surface area contributed by atoms with Gasteiger partial charge in [0.05, 0.1) is 48.1 Å². The minimum atomic E-state index is -3.77. The van der Waals surface area contributed by atoms with Crippen LogP contribution in [-0.4, -0.2) is 72.1 Å². The molecule has 0 aliphatic rings. The van der Waals surface area contributed by atoms with Gasteiger partial charge in [-0.15, -0.1) is 11.3 Å². The lowest BCUT2D eigenvalue weighted by Crippen LogP contribution is -2.14. The van der Waals surface area contributed by atoms with E-state index in [1.165, 1.54) is 12.1 Å². The third-order valence-electron chi connectivity index (χ3n) is 5.46. The van der Waals surface area contributed by atoms with Crippen LogP contribution in [0.15, 0.2) is 65.7 Å². The normalized spacial score (nSPS) is 11.7. The highest BCUT2D eigenvalue weighted by atomic mass is 32.2. The molecule has 0 N–H and O–H groups in total. The molecule has 0 fully saturated rings. The third-order valence-corrected chi connectivity index (χ3v) is 7.85. The molecule has 0 saturated carbocycles. The van der Waals surface area contributed by atoms with Crippen molar-refractivity contribution in [2.75, 3.05) is 58.6 Å². The van der Waals surface area contributed by atoms with Gasteiger partial charge in [-0.1, -0.05) is 17.7 Å². The summed E-state index contributed by atoms with van der Waals surface area (Å²) in [6.45, 7) is 3.47. The van der Waals surface area contributed by atoms with E-state index in [0.29, 0.717) is 26.4 Å². The van der Waals surface area contributed by atoms with Crippen molar-refractivity contribution in [3.8, 4) is 16.3 Å². The second-order valence-electron chi connectivity index (χ2n) is 8.61. The van der Waals surface area contributed by atoms with Crippen molar-refractivity contribution in [1.29, 1.82) is 0 Å². The van der Waals surface area contributed by atoms with Gasteiger partial charge < -0.3 is 19.1 Å². The number of hydrogen-bond acceptors (Lipinski definition) is 10. The van der Waals surface area contributed by atoms with Gasteiger partial charge in [-0.3, -0.25) is 4.18 Å². The van der Waals surface area contributed by atoms with Crippen molar-refractivity contribution < 1.29 is 26.8 Å². The summed E-state index contributed by atoms with van der Waals surface area (Å²) >= 11 is 1.60. The van der Waals surface area contributed by atoms with E-state index in [4.69, 9.17) is 23.4 Å². The van der Waals surface area contributed by atoms with Gasteiger partial charge in [0.1, 0.15) is 23.2 Å². The van der Waals surface area contributed by atoms with Crippen molar-refractivity contribution >= 4 is 37.5 Å². The van der Waals surface area contributed by atoms with E-state index in [-0.39, 0.29) is 18.1 Å². The van der Waals surface area contributed by atoms with Gasteiger partial charge in [-0.05, 0) is 49.4 Å². The molecular formula is C27H31N3O6S2. The summed E-state index contributed by atoms with van der Waals surface area (Å²) in [5, 5.41) is 0.913. The standard InChI is InChI=1S/C27H31N3O6S2/c1-20-4-8-23(9-5-20)38(31,32)36-17-15-34-13-12-33-14-16-35-22-7-10-24-25(18-22)37-27(29-24)21-6-11-26(28-19-21)30(2)3/h4-11,18-19H,12-17H2,1-3H3. The fraction of sp³-hybridized carbons (Fsp3) is 0.333. The summed E-state index contributed by atoms with van der Waals surface area (Å²) in [4.78, 5) is 11.3. The molecule has 0 bridgehead atoms. The van der Waals surface area contributed by atoms with E-state index in [1.54, 1.807) is 23.5 Å². The summed E-state index contributed by atoms with van der Waals surface area (Å²) in [6.07, 6.45) is 1.84. The maximum Gasteiger partial charge on any atom is 0.297 e. The molecule has 0 amide bonds. The van der Waals surface area contributed by atoms with Gasteiger partial charge >= 0.3 is 0 Å². The van der Waals surface area contributed by atoms with Crippen LogP contribution in [-0.2, 0) is 23.8 Å². The second-order valence-corrected chi connectivity index (χ2v) is 11.3. The fourth-order valence-corrected chi connectivity index (χ4v) is 5.29. The number of hydrogen-bond donors (Lipinski definition) is 0. The number of nitrogens with zero attached hydrogens (tertiary/aromatic N) is 3. The number of anilines is 1. The topological polar surface area (TPSA) is 100 Å². The Hall–Kier alpha value is -3.09. The molecule has 0 unspecified atom stereocenters. The van der Waals surface area contributed by atoms with E-state index < -0.39 is 10.1 Å². The van der Waals surface area contributed by atoms with Crippen LogP contribution in [0, 0.1) is 6.92 Å². The predicted octanol–water partition coefficient (Wildman–Crippen LogP) is 4.55. The highest BCUT2D eigenvalue weighted by Crippen LogP contribution is 2.32. The van der Waals surface area contributed by atoms with Gasteiger partial charge in [0.15, 0.2) is 0 Å². The lowest BCUT2D eigenvalue weighted by atomic mass is 10.2. The van der Waals surface area contributed by atoms with Gasteiger partial charge in [-0.2, -0.15) is 8.42 Å². The monoisotopic (exact) mass is 557 g/mol. The Kier molecular flexibility index (Phi) is 9.64. The molecule has 0 saturated heterocycles. The molecule has 4 aromatic rings. The maximum atomic E-state index is 12.1. The Balaban J connectivity index is 1.12. The minimum absolute atomic E-state index is 0.0566. The van der Waals surface area contributed by atoms with Crippen molar-refractivity contribution in [2.45, 2.75) is 11.8 Å². The second kappa shape index (κ2) is 13.1. The third kappa shape index (κ3) is 7.71. The highest BCUT2D eigenvalue weighted by Gasteiger charge is 2.14. The number of fused-ring (bicyclic) bond motifs is 1. The van der Waals surface area contributed by atoms with E-state index in [9.17, 15) is 8.42 Å². The Morgan fingerprint density at radius 1 is 0.868 bits per heavy atom. The van der Waals surface area contributed by atoms with Crippen LogP contribution in [0.3, 0.4) is 0 Å². The molecular weight excluding hydrogens is 526 g/mol. The Morgan fingerprint density at radius 2 is 1.58 bits per heavy atom. The van der Waals surface area contributed by atoms with Crippen LogP contribution in [0.4, 0.5) is 5.82 Å². The van der Waals surface area contributed by atoms with Crippen LogP contribution in [0.2, 0.25) is 0 Å². The summed E-state index contributed by atoms with van der Waals surface area (Å²) in [6, 6.07) is 16.3. The smallest absolute Gasteiger partial charge is 0.297 e. The number of aryl methyl sites for hydroxylation is 1. The zero-order valence-corrected chi connectivity index (χ0v) is 23.3. The van der Waals surface area contributed by atoms with E-state index in [0.717, 1.165) is 37.9 Å². The molecule has 0 spiro atoms. The van der Waals surface area contributed by atoms with E-state index >= 15 is 0 Å². The average Bonchev–Trinajstić information content (AvgIpc) is 3.33. The summed E-state index contributed by atoms with van der Waals surface area (Å²) in [5.74, 6) is 1.65. The molecule has 0 radical (unpaired) electrons. The van der Waals surface area contributed by atoms with Gasteiger partial charge in [0, 0.05) is 25.9 Å². The predicted molar refractivity (Wildman–Crippen MR) is 149 cm³/mol. The van der Waals surface area contributed by atoms with E-state index in [2.05, 4.69) is 4.98 Å². The lowest BCUT2D eigenvalue weighted by molar-refractivity contribution is 0.0279. The van der Waals surface area contributed by atoms with Crippen LogP contribution >= 0.6 is 11.3 Å². The van der Waals surface area contributed by atoms with Crippen molar-refractivity contribution in [3.05, 3.63) is 66.4 Å². The highest BCUT2D eigenvalue weighted by molar-refractivity contribution is 7.86. The molecule has 2 aromatic carbocycles. The van der Waals surface area contributed by atoms with Crippen LogP contribution in [0.25, 0.3) is 20.8 Å². The zero-order valence-electron chi connectivity index (χ0n) is 21.6. The minimum Gasteiger partial charge on any atom is -0.491 e. The number of rotatable bonds is 14. The molecule has 2 heterocycles. The van der Waals surface area contributed by atoms with Crippen molar-refractivity contribution in [2.24, 2.45) is 0 Å². The molecule has 38 heavy (non-hydrogen) atoms. The number of thiazole rings is 1. The van der Waals surface area contributed by atoms with Gasteiger partial charge in [-0.25, -0.2) is 9.97 Å². The first-order valence-corrected chi connectivity index (χ1v) is 14.3. The zero-order chi connectivity index (χ0) is 27.0. The number of aromatic nitrogens is 2. The summed E-state index contributed by atoms with van der Waals surface area (Å²) in [5.41, 5.74) is 2.88. The largest absolute Gasteiger partial charge is 0.491 e. The lowest BCUT2D eigenvalue weighted by Gasteiger charge is -2.10. The molecule has 9 nitrogen and oxygen atoms in total. The number of ether oxygens (including phenoxy) is 3. The molecule has 202 valence electrons. The first-order valence-electron chi connectivity index (χ1n) is 12.1. The summed E-state index contributed by atoms with van der Waals surface area (Å²) < 4.78 is 47.0. The van der Waals surface area contributed by atoms with Crippen molar-refractivity contribution in [3.63, 3.8) is 0 Å². The Morgan fingerprint density at radius 3 is 2.26 bits per heavy atom. The Labute approximate surface area is 227 Å². The SMILES string of the molecule is Cc1ccc(S(=O)(=O)OCCOCCOCCOc2ccc3nc(-c4ccc(N(C)C)nc4)sc3c2)cc1. The van der Waals surface area contributed by atoms with Gasteiger partial charge in [0.2, 0.25) is 0 Å². The molecule has 2 aromatic heterocycles.